The van der Waals surface area contributed by atoms with E-state index in [0.717, 1.165) is 16.8 Å². The van der Waals surface area contributed by atoms with Crippen LogP contribution in [0.3, 0.4) is 0 Å². The number of anilines is 1. The van der Waals surface area contributed by atoms with Crippen molar-refractivity contribution in [1.29, 1.82) is 0 Å². The first-order chi connectivity index (χ1) is 15.1. The number of para-hydroxylation sites is 1. The van der Waals surface area contributed by atoms with E-state index in [4.69, 9.17) is 9.47 Å². The molecule has 0 atom stereocenters. The molecular formula is C24H22N4O3. The normalized spacial score (nSPS) is 10.5. The maximum atomic E-state index is 13.0. The Morgan fingerprint density at radius 2 is 1.74 bits per heavy atom. The van der Waals surface area contributed by atoms with Gasteiger partial charge in [0.15, 0.2) is 5.82 Å². The predicted octanol–water partition coefficient (Wildman–Crippen LogP) is 4.51. The summed E-state index contributed by atoms with van der Waals surface area (Å²) in [4.78, 5) is 17.6. The number of ether oxygens (including phenoxy) is 2. The van der Waals surface area contributed by atoms with E-state index in [1.807, 2.05) is 61.5 Å². The lowest BCUT2D eigenvalue weighted by Gasteiger charge is -2.10. The number of nitrogens with one attached hydrogen (secondary N) is 1. The fourth-order valence-corrected chi connectivity index (χ4v) is 3.22. The Bertz CT molecular complexity index is 1220. The second kappa shape index (κ2) is 8.71. The van der Waals surface area contributed by atoms with Crippen molar-refractivity contribution in [3.63, 3.8) is 0 Å². The maximum absolute atomic E-state index is 13.0. The second-order valence-electron chi connectivity index (χ2n) is 6.90. The first kappa shape index (κ1) is 20.2. The molecule has 3 aromatic carbocycles. The van der Waals surface area contributed by atoms with Gasteiger partial charge in [0.2, 0.25) is 5.82 Å². The highest BCUT2D eigenvalue weighted by molar-refractivity contribution is 6.02. The predicted molar refractivity (Wildman–Crippen MR) is 119 cm³/mol. The van der Waals surface area contributed by atoms with Crippen molar-refractivity contribution in [3.8, 4) is 28.6 Å². The minimum Gasteiger partial charge on any atom is -0.497 e. The molecule has 0 aliphatic carbocycles. The Balaban J connectivity index is 1.75. The highest BCUT2D eigenvalue weighted by Gasteiger charge is 2.20. The van der Waals surface area contributed by atoms with Gasteiger partial charge in [0.25, 0.3) is 5.91 Å². The lowest BCUT2D eigenvalue weighted by molar-refractivity contribution is 0.101. The lowest BCUT2D eigenvalue weighted by Crippen LogP contribution is -2.15. The van der Waals surface area contributed by atoms with E-state index in [2.05, 4.69) is 15.4 Å². The van der Waals surface area contributed by atoms with Gasteiger partial charge in [-0.05, 0) is 37.3 Å². The zero-order valence-electron chi connectivity index (χ0n) is 17.5. The Labute approximate surface area is 180 Å². The molecule has 7 nitrogen and oxygen atoms in total. The van der Waals surface area contributed by atoms with E-state index in [1.54, 1.807) is 30.0 Å². The molecule has 7 heteroatoms. The lowest BCUT2D eigenvalue weighted by atomic mass is 10.1. The molecule has 1 aromatic heterocycles. The molecule has 4 aromatic rings. The van der Waals surface area contributed by atoms with Gasteiger partial charge in [0.1, 0.15) is 11.5 Å². The number of carbonyl (C=O) groups excluding carboxylic acids is 1. The maximum Gasteiger partial charge on any atom is 0.295 e. The van der Waals surface area contributed by atoms with E-state index >= 15 is 0 Å². The van der Waals surface area contributed by atoms with Crippen LogP contribution in [0.15, 0.2) is 72.8 Å². The van der Waals surface area contributed by atoms with Crippen molar-refractivity contribution < 1.29 is 14.3 Å². The van der Waals surface area contributed by atoms with Gasteiger partial charge in [-0.25, -0.2) is 9.67 Å². The fraction of sp³-hybridized carbons (Fsp3) is 0.125. The summed E-state index contributed by atoms with van der Waals surface area (Å²) in [6.45, 7) is 2.01. The van der Waals surface area contributed by atoms with Crippen molar-refractivity contribution in [3.05, 3.63) is 84.2 Å². The number of aryl methyl sites for hydroxylation is 1. The molecule has 0 radical (unpaired) electrons. The molecule has 1 N–H and O–H groups in total. The van der Waals surface area contributed by atoms with E-state index in [9.17, 15) is 4.79 Å². The van der Waals surface area contributed by atoms with Crippen LogP contribution in [0.5, 0.6) is 11.5 Å². The average Bonchev–Trinajstić information content (AvgIpc) is 3.25. The third-order valence-electron chi connectivity index (χ3n) is 4.74. The Hall–Kier alpha value is -4.13. The Morgan fingerprint density at radius 1 is 0.935 bits per heavy atom. The molecule has 1 amide bonds. The zero-order valence-corrected chi connectivity index (χ0v) is 17.5. The number of hydrogen-bond donors (Lipinski definition) is 1. The summed E-state index contributed by atoms with van der Waals surface area (Å²) in [5.74, 6) is 1.29. The van der Waals surface area contributed by atoms with Crippen LogP contribution in [0.1, 0.15) is 16.2 Å². The zero-order chi connectivity index (χ0) is 21.8. The number of amides is 1. The second-order valence-corrected chi connectivity index (χ2v) is 6.90. The monoisotopic (exact) mass is 414 g/mol. The van der Waals surface area contributed by atoms with Crippen LogP contribution in [0.2, 0.25) is 0 Å². The first-order valence-electron chi connectivity index (χ1n) is 9.72. The fourth-order valence-electron chi connectivity index (χ4n) is 3.22. The molecule has 31 heavy (non-hydrogen) atoms. The molecule has 1 heterocycles. The number of hydrogen-bond acceptors (Lipinski definition) is 5. The smallest absolute Gasteiger partial charge is 0.295 e. The van der Waals surface area contributed by atoms with Crippen LogP contribution in [-0.2, 0) is 0 Å². The highest BCUT2D eigenvalue weighted by Crippen LogP contribution is 2.29. The summed E-state index contributed by atoms with van der Waals surface area (Å²) in [5.41, 5.74) is 3.24. The Morgan fingerprint density at radius 3 is 2.45 bits per heavy atom. The van der Waals surface area contributed by atoms with Crippen LogP contribution in [-0.4, -0.2) is 34.9 Å². The van der Waals surface area contributed by atoms with Crippen molar-refractivity contribution in [1.82, 2.24) is 14.8 Å². The molecule has 0 aliphatic rings. The van der Waals surface area contributed by atoms with Crippen molar-refractivity contribution >= 4 is 11.6 Å². The van der Waals surface area contributed by atoms with Crippen molar-refractivity contribution in [2.75, 3.05) is 19.5 Å². The third kappa shape index (κ3) is 4.25. The highest BCUT2D eigenvalue weighted by atomic mass is 16.5. The first-order valence-corrected chi connectivity index (χ1v) is 9.72. The van der Waals surface area contributed by atoms with Gasteiger partial charge in [-0.1, -0.05) is 42.0 Å². The number of aromatic nitrogens is 3. The van der Waals surface area contributed by atoms with E-state index in [0.29, 0.717) is 23.0 Å². The van der Waals surface area contributed by atoms with Crippen molar-refractivity contribution in [2.24, 2.45) is 0 Å². The average molecular weight is 414 g/mol. The summed E-state index contributed by atoms with van der Waals surface area (Å²) in [7, 11) is 3.10. The van der Waals surface area contributed by atoms with Crippen LogP contribution in [0.25, 0.3) is 17.1 Å². The molecule has 0 unspecified atom stereocenters. The number of benzene rings is 3. The van der Waals surface area contributed by atoms with E-state index in [-0.39, 0.29) is 5.82 Å². The van der Waals surface area contributed by atoms with Gasteiger partial charge in [-0.2, -0.15) is 0 Å². The third-order valence-corrected chi connectivity index (χ3v) is 4.74. The number of methoxy groups -OCH3 is 2. The molecule has 0 saturated heterocycles. The minimum atomic E-state index is -0.449. The number of nitrogens with zero attached hydrogens (tertiary/aromatic N) is 3. The van der Waals surface area contributed by atoms with Gasteiger partial charge >= 0.3 is 0 Å². The summed E-state index contributed by atoms with van der Waals surface area (Å²) in [6.07, 6.45) is 0. The molecule has 156 valence electrons. The minimum absolute atomic E-state index is 0.0465. The van der Waals surface area contributed by atoms with Gasteiger partial charge in [-0.3, -0.25) is 4.79 Å². The summed E-state index contributed by atoms with van der Waals surface area (Å²) in [5, 5.41) is 7.33. The largest absolute Gasteiger partial charge is 0.497 e. The number of carbonyl (C=O) groups is 1. The molecule has 0 saturated carbocycles. The molecule has 0 fully saturated rings. The van der Waals surface area contributed by atoms with Crippen LogP contribution in [0, 0.1) is 6.92 Å². The summed E-state index contributed by atoms with van der Waals surface area (Å²) >= 11 is 0. The molecule has 4 rings (SSSR count). The molecule has 0 bridgehead atoms. The standard InChI is InChI=1S/C24H22N4O3/c1-16-8-7-9-17(14-16)23-26-22(27-28(23)18-10-5-4-6-11-18)24(29)25-20-15-19(30-2)12-13-21(20)31-3/h4-15H,1-3H3,(H,25,29). The van der Waals surface area contributed by atoms with Gasteiger partial charge in [-0.15, -0.1) is 5.10 Å². The van der Waals surface area contributed by atoms with Crippen LogP contribution in [0.4, 0.5) is 5.69 Å². The molecule has 0 aliphatic heterocycles. The molecule has 0 spiro atoms. The SMILES string of the molecule is COc1ccc(OC)c(NC(=O)c2nc(-c3cccc(C)c3)n(-c3ccccc3)n2)c1. The van der Waals surface area contributed by atoms with E-state index < -0.39 is 5.91 Å². The van der Waals surface area contributed by atoms with Crippen molar-refractivity contribution in [2.45, 2.75) is 6.92 Å². The van der Waals surface area contributed by atoms with Gasteiger partial charge in [0, 0.05) is 11.6 Å². The topological polar surface area (TPSA) is 78.3 Å². The van der Waals surface area contributed by atoms with E-state index in [1.165, 1.54) is 7.11 Å². The van der Waals surface area contributed by atoms with Crippen LogP contribution >= 0.6 is 0 Å². The van der Waals surface area contributed by atoms with Gasteiger partial charge in [0.05, 0.1) is 25.6 Å². The van der Waals surface area contributed by atoms with Crippen LogP contribution < -0.4 is 14.8 Å². The molecular weight excluding hydrogens is 392 g/mol. The Kier molecular flexibility index (Phi) is 5.66. The summed E-state index contributed by atoms with van der Waals surface area (Å²) in [6, 6.07) is 22.7. The summed E-state index contributed by atoms with van der Waals surface area (Å²) < 4.78 is 12.3. The van der Waals surface area contributed by atoms with Gasteiger partial charge < -0.3 is 14.8 Å². The quantitative estimate of drug-likeness (QED) is 0.502. The number of rotatable bonds is 6.